The third-order valence-electron chi connectivity index (χ3n) is 4.96. The Kier molecular flexibility index (Phi) is 5.71. The molecule has 29 heavy (non-hydrogen) atoms. The molecule has 2 heterocycles. The van der Waals surface area contributed by atoms with Gasteiger partial charge in [-0.3, -0.25) is 13.9 Å². The molecular weight excluding hydrogens is 394 g/mol. The first-order valence-corrected chi connectivity index (χ1v) is 9.71. The Morgan fingerprint density at radius 2 is 1.79 bits per heavy atom. The van der Waals surface area contributed by atoms with E-state index in [1.807, 2.05) is 13.8 Å². The summed E-state index contributed by atoms with van der Waals surface area (Å²) in [6.45, 7) is 5.90. The van der Waals surface area contributed by atoms with Crippen LogP contribution >= 0.6 is 11.6 Å². The van der Waals surface area contributed by atoms with Gasteiger partial charge in [0.25, 0.3) is 5.56 Å². The summed E-state index contributed by atoms with van der Waals surface area (Å²) in [5.74, 6) is -0.638. The summed E-state index contributed by atoms with van der Waals surface area (Å²) >= 11 is 6.04. The molecule has 1 aliphatic rings. The third-order valence-corrected chi connectivity index (χ3v) is 5.21. The number of halogens is 1. The summed E-state index contributed by atoms with van der Waals surface area (Å²) in [4.78, 5) is 38.5. The molecule has 1 atom stereocenters. The van der Waals surface area contributed by atoms with Crippen molar-refractivity contribution in [2.45, 2.75) is 26.7 Å². The van der Waals surface area contributed by atoms with E-state index in [-0.39, 0.29) is 12.5 Å². The fourth-order valence-corrected chi connectivity index (χ4v) is 3.59. The fourth-order valence-electron chi connectivity index (χ4n) is 3.47. The van der Waals surface area contributed by atoms with Crippen molar-refractivity contribution in [3.8, 4) is 0 Å². The van der Waals surface area contributed by atoms with E-state index in [0.717, 1.165) is 4.57 Å². The number of rotatable bonds is 4. The van der Waals surface area contributed by atoms with E-state index in [2.05, 4.69) is 5.32 Å². The normalized spacial score (nSPS) is 15.9. The van der Waals surface area contributed by atoms with Crippen LogP contribution in [0, 0.1) is 5.92 Å². The number of fused-ring (bicyclic) bond motifs is 1. The number of nitrogens with one attached hydrogen (secondary N) is 1. The number of carbonyl (C=O) groups excluding carboxylic acids is 1. The van der Waals surface area contributed by atoms with Crippen molar-refractivity contribution in [1.82, 2.24) is 9.13 Å². The Hall–Kier alpha value is -2.80. The van der Waals surface area contributed by atoms with Gasteiger partial charge in [-0.05, 0) is 30.5 Å². The van der Waals surface area contributed by atoms with Crippen LogP contribution in [-0.2, 0) is 23.6 Å². The second kappa shape index (κ2) is 7.91. The number of hydrogen-bond acceptors (Lipinski definition) is 5. The van der Waals surface area contributed by atoms with Crippen LogP contribution in [0.3, 0.4) is 0 Å². The lowest BCUT2D eigenvalue weighted by Gasteiger charge is -2.31. The zero-order chi connectivity index (χ0) is 21.5. The van der Waals surface area contributed by atoms with E-state index in [4.69, 9.17) is 16.3 Å². The lowest BCUT2D eigenvalue weighted by molar-refractivity contribution is -0.140. The lowest BCUT2D eigenvalue weighted by Crippen LogP contribution is -2.43. The van der Waals surface area contributed by atoms with Crippen LogP contribution in [0.4, 0.5) is 5.82 Å². The molecule has 1 N–H and O–H groups in total. The van der Waals surface area contributed by atoms with Crippen molar-refractivity contribution >= 4 is 23.4 Å². The molecule has 0 aliphatic carbocycles. The molecule has 7 nitrogen and oxygen atoms in total. The molecule has 1 aliphatic heterocycles. The van der Waals surface area contributed by atoms with Crippen molar-refractivity contribution in [2.24, 2.45) is 20.0 Å². The number of carbonyl (C=O) groups is 1. The maximum Gasteiger partial charge on any atom is 0.336 e. The highest BCUT2D eigenvalue weighted by Gasteiger charge is 2.37. The van der Waals surface area contributed by atoms with E-state index < -0.39 is 23.1 Å². The van der Waals surface area contributed by atoms with Crippen LogP contribution in [0.15, 0.2) is 45.1 Å². The highest BCUT2D eigenvalue weighted by Crippen LogP contribution is 2.40. The molecule has 0 saturated heterocycles. The molecule has 0 fully saturated rings. The number of nitrogens with zero attached hydrogens (tertiary/aromatic N) is 2. The van der Waals surface area contributed by atoms with Gasteiger partial charge in [-0.2, -0.15) is 0 Å². The number of esters is 1. The monoisotopic (exact) mass is 417 g/mol. The Bertz CT molecular complexity index is 1110. The SMILES string of the molecule is CC1=C(C(=O)OCC(C)C)C(c2ccc(Cl)cc2)c2c(n(C)c(=O)n(C)c2=O)N1. The van der Waals surface area contributed by atoms with Crippen LogP contribution in [0.1, 0.15) is 37.8 Å². The molecule has 154 valence electrons. The smallest absolute Gasteiger partial charge is 0.336 e. The number of hydrogen-bond donors (Lipinski definition) is 1. The highest BCUT2D eigenvalue weighted by molar-refractivity contribution is 6.30. The lowest BCUT2D eigenvalue weighted by atomic mass is 9.82. The predicted octanol–water partition coefficient (Wildman–Crippen LogP) is 2.77. The van der Waals surface area contributed by atoms with Crippen molar-refractivity contribution < 1.29 is 9.53 Å². The zero-order valence-corrected chi connectivity index (χ0v) is 17.8. The van der Waals surface area contributed by atoms with Crippen LogP contribution in [-0.4, -0.2) is 21.7 Å². The minimum absolute atomic E-state index is 0.173. The van der Waals surface area contributed by atoms with E-state index in [1.54, 1.807) is 38.2 Å². The zero-order valence-electron chi connectivity index (χ0n) is 17.1. The van der Waals surface area contributed by atoms with E-state index in [0.29, 0.717) is 33.2 Å². The molecule has 3 rings (SSSR count). The molecule has 8 heteroatoms. The molecule has 0 spiro atoms. The van der Waals surface area contributed by atoms with Gasteiger partial charge in [0, 0.05) is 24.8 Å². The van der Waals surface area contributed by atoms with Gasteiger partial charge in [0.15, 0.2) is 0 Å². The maximum absolute atomic E-state index is 13.1. The first-order valence-electron chi connectivity index (χ1n) is 9.33. The second-order valence-electron chi connectivity index (χ2n) is 7.61. The molecule has 2 aromatic rings. The first kappa shape index (κ1) is 20.9. The molecule has 0 amide bonds. The van der Waals surface area contributed by atoms with Crippen LogP contribution in [0.2, 0.25) is 5.02 Å². The Labute approximate surface area is 173 Å². The van der Waals surface area contributed by atoms with Crippen molar-refractivity contribution in [2.75, 3.05) is 11.9 Å². The topological polar surface area (TPSA) is 82.3 Å². The van der Waals surface area contributed by atoms with Gasteiger partial charge in [-0.25, -0.2) is 9.59 Å². The van der Waals surface area contributed by atoms with Gasteiger partial charge in [0.05, 0.1) is 23.7 Å². The van der Waals surface area contributed by atoms with Gasteiger partial charge in [0.1, 0.15) is 5.82 Å². The summed E-state index contributed by atoms with van der Waals surface area (Å²) in [6.07, 6.45) is 0. The van der Waals surface area contributed by atoms with E-state index in [9.17, 15) is 14.4 Å². The molecule has 0 saturated carbocycles. The molecule has 0 bridgehead atoms. The van der Waals surface area contributed by atoms with Gasteiger partial charge in [-0.15, -0.1) is 0 Å². The van der Waals surface area contributed by atoms with Crippen LogP contribution in [0.25, 0.3) is 0 Å². The molecule has 0 radical (unpaired) electrons. The summed E-state index contributed by atoms with van der Waals surface area (Å²) in [5.41, 5.74) is 1.00. The third kappa shape index (κ3) is 3.74. The Morgan fingerprint density at radius 1 is 1.17 bits per heavy atom. The van der Waals surface area contributed by atoms with E-state index in [1.165, 1.54) is 11.6 Å². The van der Waals surface area contributed by atoms with Gasteiger partial charge in [0.2, 0.25) is 0 Å². The molecule has 1 aromatic carbocycles. The molecule has 1 aromatic heterocycles. The number of benzene rings is 1. The minimum atomic E-state index is -0.686. The van der Waals surface area contributed by atoms with Crippen molar-refractivity contribution in [3.63, 3.8) is 0 Å². The summed E-state index contributed by atoms with van der Waals surface area (Å²) in [7, 11) is 3.01. The molecular formula is C21H24ClN3O4. The number of allylic oxidation sites excluding steroid dienone is 1. The number of ether oxygens (including phenoxy) is 1. The standard InChI is InChI=1S/C21H24ClN3O4/c1-11(2)10-29-20(27)15-12(3)23-18-17(19(26)25(5)21(28)24(18)4)16(15)13-6-8-14(22)9-7-13/h6-9,11,16,23H,10H2,1-5H3. The average Bonchev–Trinajstić information content (AvgIpc) is 2.68. The first-order chi connectivity index (χ1) is 13.6. The maximum atomic E-state index is 13.1. The largest absolute Gasteiger partial charge is 0.462 e. The van der Waals surface area contributed by atoms with Crippen LogP contribution in [0.5, 0.6) is 0 Å². The summed E-state index contributed by atoms with van der Waals surface area (Å²) in [5, 5.41) is 3.61. The highest BCUT2D eigenvalue weighted by atomic mass is 35.5. The van der Waals surface area contributed by atoms with Gasteiger partial charge < -0.3 is 10.1 Å². The number of aromatic nitrogens is 2. The van der Waals surface area contributed by atoms with Gasteiger partial charge >= 0.3 is 11.7 Å². The second-order valence-corrected chi connectivity index (χ2v) is 8.05. The predicted molar refractivity (Wildman–Crippen MR) is 112 cm³/mol. The quantitative estimate of drug-likeness (QED) is 0.773. The molecule has 1 unspecified atom stereocenters. The Morgan fingerprint density at radius 3 is 2.38 bits per heavy atom. The Balaban J connectivity index is 2.28. The van der Waals surface area contributed by atoms with E-state index >= 15 is 0 Å². The minimum Gasteiger partial charge on any atom is -0.462 e. The fraction of sp³-hybridized carbons (Fsp3) is 0.381. The summed E-state index contributed by atoms with van der Waals surface area (Å²) < 4.78 is 7.90. The number of anilines is 1. The summed E-state index contributed by atoms with van der Waals surface area (Å²) in [6, 6.07) is 6.96. The van der Waals surface area contributed by atoms with Crippen LogP contribution < -0.4 is 16.6 Å². The van der Waals surface area contributed by atoms with Gasteiger partial charge in [-0.1, -0.05) is 37.6 Å². The van der Waals surface area contributed by atoms with Crippen molar-refractivity contribution in [1.29, 1.82) is 0 Å². The van der Waals surface area contributed by atoms with Crippen molar-refractivity contribution in [3.05, 3.63) is 72.5 Å². The average molecular weight is 418 g/mol.